The molecule has 2 fully saturated rings. The molecule has 2 saturated heterocycles. The maximum atomic E-state index is 12.5. The highest BCUT2D eigenvalue weighted by molar-refractivity contribution is 7.89. The number of nitrogens with one attached hydrogen (secondary N) is 1. The van der Waals surface area contributed by atoms with Crippen LogP contribution in [-0.2, 0) is 21.3 Å². The van der Waals surface area contributed by atoms with Crippen molar-refractivity contribution in [3.63, 3.8) is 0 Å². The van der Waals surface area contributed by atoms with Crippen LogP contribution in [0, 0.1) is 22.7 Å². The zero-order valence-electron chi connectivity index (χ0n) is 17.6. The molecule has 166 valence electrons. The first-order valence-corrected chi connectivity index (χ1v) is 12.0. The summed E-state index contributed by atoms with van der Waals surface area (Å²) in [6, 6.07) is 17.8. The Morgan fingerprint density at radius 2 is 1.59 bits per heavy atom. The van der Waals surface area contributed by atoms with Crippen molar-refractivity contribution >= 4 is 10.0 Å². The fourth-order valence-electron chi connectivity index (χ4n) is 4.27. The Bertz CT molecular complexity index is 1120. The Morgan fingerprint density at radius 1 is 0.938 bits per heavy atom. The molecular formula is C23H25N5O3S. The Balaban J connectivity index is 1.26. The third kappa shape index (κ3) is 5.52. The number of nitrogens with zero attached hydrogens (tertiary/aromatic N) is 4. The van der Waals surface area contributed by atoms with E-state index in [1.807, 2.05) is 30.3 Å². The number of fused-ring (bicyclic) bond motifs is 2. The van der Waals surface area contributed by atoms with E-state index in [4.69, 9.17) is 15.3 Å². The maximum absolute atomic E-state index is 12.5. The molecule has 9 heteroatoms. The molecule has 4 rings (SSSR count). The lowest BCUT2D eigenvalue weighted by molar-refractivity contribution is -0.139. The largest absolute Gasteiger partial charge is 0.370 e. The van der Waals surface area contributed by atoms with E-state index >= 15 is 0 Å². The molecule has 0 spiro atoms. The van der Waals surface area contributed by atoms with E-state index in [0.717, 1.165) is 32.7 Å². The molecule has 2 aromatic rings. The molecule has 0 radical (unpaired) electrons. The molecule has 8 nitrogen and oxygen atoms in total. The summed E-state index contributed by atoms with van der Waals surface area (Å²) in [5.41, 5.74) is 2.16. The molecule has 2 unspecified atom stereocenters. The zero-order chi connectivity index (χ0) is 22.6. The molecule has 2 heterocycles. The predicted molar refractivity (Wildman–Crippen MR) is 118 cm³/mol. The second kappa shape index (κ2) is 9.78. The average Bonchev–Trinajstić information content (AvgIpc) is 2.79. The average molecular weight is 452 g/mol. The lowest BCUT2D eigenvalue weighted by Crippen LogP contribution is -2.59. The van der Waals surface area contributed by atoms with Gasteiger partial charge in [-0.3, -0.25) is 9.80 Å². The SMILES string of the molecule is N#Cc1ccc(CN2CC3CN(CCNS(=O)(=O)c4cccc(C#N)c4)CC(C2)O3)cc1. The minimum atomic E-state index is -3.65. The van der Waals surface area contributed by atoms with E-state index in [9.17, 15) is 8.42 Å². The van der Waals surface area contributed by atoms with E-state index in [1.54, 1.807) is 12.1 Å². The van der Waals surface area contributed by atoms with Gasteiger partial charge in [0.15, 0.2) is 0 Å². The minimum Gasteiger partial charge on any atom is -0.370 e. The van der Waals surface area contributed by atoms with E-state index < -0.39 is 10.0 Å². The summed E-state index contributed by atoms with van der Waals surface area (Å²) >= 11 is 0. The summed E-state index contributed by atoms with van der Waals surface area (Å²) in [6.07, 6.45) is 0.176. The van der Waals surface area contributed by atoms with Gasteiger partial charge < -0.3 is 4.74 Å². The van der Waals surface area contributed by atoms with Gasteiger partial charge in [0.1, 0.15) is 0 Å². The molecule has 0 aliphatic carbocycles. The van der Waals surface area contributed by atoms with Crippen LogP contribution < -0.4 is 4.72 Å². The van der Waals surface area contributed by atoms with Gasteiger partial charge in [0, 0.05) is 45.8 Å². The Kier molecular flexibility index (Phi) is 6.85. The summed E-state index contributed by atoms with van der Waals surface area (Å²) < 4.78 is 33.8. The van der Waals surface area contributed by atoms with Crippen molar-refractivity contribution in [2.45, 2.75) is 23.6 Å². The Hall–Kier alpha value is -2.79. The molecule has 2 aliphatic heterocycles. The van der Waals surface area contributed by atoms with Gasteiger partial charge in [0.2, 0.25) is 10.0 Å². The second-order valence-corrected chi connectivity index (χ2v) is 9.95. The first kappa shape index (κ1) is 22.4. The first-order chi connectivity index (χ1) is 15.4. The molecule has 2 atom stereocenters. The molecule has 1 N–H and O–H groups in total. The zero-order valence-corrected chi connectivity index (χ0v) is 18.5. The van der Waals surface area contributed by atoms with E-state index in [-0.39, 0.29) is 17.1 Å². The quantitative estimate of drug-likeness (QED) is 0.676. The van der Waals surface area contributed by atoms with Crippen LogP contribution in [0.4, 0.5) is 0 Å². The number of nitriles is 2. The van der Waals surface area contributed by atoms with Crippen molar-refractivity contribution in [1.29, 1.82) is 10.5 Å². The second-order valence-electron chi connectivity index (χ2n) is 8.18. The highest BCUT2D eigenvalue weighted by atomic mass is 32.2. The van der Waals surface area contributed by atoms with E-state index in [1.165, 1.54) is 17.7 Å². The van der Waals surface area contributed by atoms with Gasteiger partial charge in [-0.1, -0.05) is 18.2 Å². The lowest BCUT2D eigenvalue weighted by Gasteiger charge is -2.46. The fraction of sp³-hybridized carbons (Fsp3) is 0.391. The third-order valence-electron chi connectivity index (χ3n) is 5.72. The number of morpholine rings is 2. The summed E-state index contributed by atoms with van der Waals surface area (Å²) in [5.74, 6) is 0. The minimum absolute atomic E-state index is 0.0878. The van der Waals surface area contributed by atoms with E-state index in [0.29, 0.717) is 24.2 Å². The summed E-state index contributed by atoms with van der Waals surface area (Å²) in [4.78, 5) is 4.73. The number of sulfonamides is 1. The highest BCUT2D eigenvalue weighted by Gasteiger charge is 2.34. The van der Waals surface area contributed by atoms with Crippen LogP contribution in [0.1, 0.15) is 16.7 Å². The fourth-order valence-corrected chi connectivity index (χ4v) is 5.34. The predicted octanol–water partition coefficient (Wildman–Crippen LogP) is 1.29. The molecular weight excluding hydrogens is 426 g/mol. The van der Waals surface area contributed by atoms with Gasteiger partial charge in [-0.15, -0.1) is 0 Å². The topological polar surface area (TPSA) is 109 Å². The maximum Gasteiger partial charge on any atom is 0.240 e. The molecule has 2 aliphatic rings. The molecule has 32 heavy (non-hydrogen) atoms. The van der Waals surface area contributed by atoms with Crippen LogP contribution in [0.25, 0.3) is 0 Å². The number of rotatable bonds is 7. The number of hydrogen-bond acceptors (Lipinski definition) is 7. The monoisotopic (exact) mass is 451 g/mol. The molecule has 0 saturated carbocycles. The number of hydrogen-bond donors (Lipinski definition) is 1. The van der Waals surface area contributed by atoms with Crippen molar-refractivity contribution in [2.75, 3.05) is 39.3 Å². The molecule has 2 aromatic carbocycles. The number of benzene rings is 2. The Labute approximate surface area is 188 Å². The van der Waals surface area contributed by atoms with Crippen LogP contribution in [0.3, 0.4) is 0 Å². The molecule has 2 bridgehead atoms. The van der Waals surface area contributed by atoms with Crippen molar-refractivity contribution in [2.24, 2.45) is 0 Å². The van der Waals surface area contributed by atoms with Gasteiger partial charge >= 0.3 is 0 Å². The first-order valence-electron chi connectivity index (χ1n) is 10.5. The summed E-state index contributed by atoms with van der Waals surface area (Å²) in [5, 5.41) is 17.9. The van der Waals surface area contributed by atoms with Crippen molar-refractivity contribution in [3.8, 4) is 12.1 Å². The van der Waals surface area contributed by atoms with Crippen molar-refractivity contribution in [1.82, 2.24) is 14.5 Å². The molecule has 0 amide bonds. The third-order valence-corrected chi connectivity index (χ3v) is 7.17. The van der Waals surface area contributed by atoms with Crippen molar-refractivity contribution in [3.05, 3.63) is 65.2 Å². The van der Waals surface area contributed by atoms with Gasteiger partial charge in [0.25, 0.3) is 0 Å². The van der Waals surface area contributed by atoms with Crippen LogP contribution in [-0.4, -0.2) is 69.7 Å². The molecule has 0 aromatic heterocycles. The van der Waals surface area contributed by atoms with E-state index in [2.05, 4.69) is 20.6 Å². The van der Waals surface area contributed by atoms with Gasteiger partial charge in [0.05, 0.1) is 40.4 Å². The van der Waals surface area contributed by atoms with Crippen LogP contribution in [0.15, 0.2) is 53.4 Å². The summed E-state index contributed by atoms with van der Waals surface area (Å²) in [7, 11) is -3.65. The Morgan fingerprint density at radius 3 is 2.25 bits per heavy atom. The standard InChI is InChI=1S/C23H25N5O3S/c24-11-18-4-6-19(7-5-18)13-28-16-21-14-27(15-22(17-28)31-21)9-8-26-32(29,30)23-3-1-2-20(10-23)12-25/h1-7,10,21-22,26H,8-9,13-17H2. The smallest absolute Gasteiger partial charge is 0.240 e. The van der Waals surface area contributed by atoms with Gasteiger partial charge in [-0.2, -0.15) is 10.5 Å². The van der Waals surface area contributed by atoms with Crippen molar-refractivity contribution < 1.29 is 13.2 Å². The van der Waals surface area contributed by atoms with Crippen LogP contribution in [0.5, 0.6) is 0 Å². The number of ether oxygens (including phenoxy) is 1. The highest BCUT2D eigenvalue weighted by Crippen LogP contribution is 2.21. The van der Waals surface area contributed by atoms with Crippen LogP contribution >= 0.6 is 0 Å². The normalized spacial score (nSPS) is 21.6. The lowest BCUT2D eigenvalue weighted by atomic mass is 10.1. The van der Waals surface area contributed by atoms with Crippen LogP contribution in [0.2, 0.25) is 0 Å². The summed E-state index contributed by atoms with van der Waals surface area (Å²) in [6.45, 7) is 4.87. The van der Waals surface area contributed by atoms with Gasteiger partial charge in [-0.05, 0) is 35.9 Å². The van der Waals surface area contributed by atoms with Gasteiger partial charge in [-0.25, -0.2) is 13.1 Å².